The van der Waals surface area contributed by atoms with Crippen molar-refractivity contribution in [3.63, 3.8) is 0 Å². The van der Waals surface area contributed by atoms with Crippen LogP contribution in [0.25, 0.3) is 0 Å². The first kappa shape index (κ1) is 11.3. The van der Waals surface area contributed by atoms with E-state index in [2.05, 4.69) is 12.1 Å². The van der Waals surface area contributed by atoms with Crippen LogP contribution in [0.15, 0.2) is 58.2 Å². The molecule has 0 saturated heterocycles. The third kappa shape index (κ3) is 3.43. The molecule has 0 aliphatic heterocycles. The topological polar surface area (TPSA) is 33.4 Å². The van der Waals surface area contributed by atoms with Gasteiger partial charge in [0.2, 0.25) is 0 Å². The fraction of sp³-hybridized carbons (Fsp3) is 0.231. The van der Waals surface area contributed by atoms with Crippen LogP contribution in [-0.2, 0) is 6.42 Å². The Morgan fingerprint density at radius 2 is 2.00 bits per heavy atom. The fourth-order valence-electron chi connectivity index (χ4n) is 1.45. The second-order valence-electron chi connectivity index (χ2n) is 3.61. The lowest BCUT2D eigenvalue weighted by molar-refractivity contribution is 0.200. The van der Waals surface area contributed by atoms with E-state index in [1.54, 1.807) is 24.3 Å². The molecule has 0 saturated carbocycles. The van der Waals surface area contributed by atoms with Gasteiger partial charge in [-0.2, -0.15) is 0 Å². The largest absolute Gasteiger partial charge is 0.472 e. The molecule has 16 heavy (non-hydrogen) atoms. The molecule has 1 N–H and O–H groups in total. The molecule has 0 aliphatic rings. The van der Waals surface area contributed by atoms with Crippen LogP contribution in [0.4, 0.5) is 0 Å². The second kappa shape index (κ2) is 5.77. The lowest BCUT2D eigenvalue weighted by atomic mass is 10.2. The highest BCUT2D eigenvalue weighted by atomic mass is 32.2. The van der Waals surface area contributed by atoms with Crippen molar-refractivity contribution in [2.75, 3.05) is 5.75 Å². The molecular weight excluding hydrogens is 220 g/mol. The van der Waals surface area contributed by atoms with Gasteiger partial charge < -0.3 is 9.52 Å². The molecule has 0 radical (unpaired) electrons. The Labute approximate surface area is 99.3 Å². The van der Waals surface area contributed by atoms with Gasteiger partial charge in [-0.25, -0.2) is 0 Å². The van der Waals surface area contributed by atoms with E-state index in [4.69, 9.17) is 4.42 Å². The molecule has 0 fully saturated rings. The number of aliphatic hydroxyl groups excluding tert-OH is 1. The SMILES string of the molecule is OC(CSc1ccccc1)Cc1ccoc1. The molecule has 0 spiro atoms. The van der Waals surface area contributed by atoms with Crippen molar-refractivity contribution in [1.29, 1.82) is 0 Å². The first-order valence-electron chi connectivity index (χ1n) is 5.21. The molecule has 1 aromatic heterocycles. The molecule has 0 amide bonds. The lowest BCUT2D eigenvalue weighted by Gasteiger charge is -2.08. The molecule has 2 aromatic rings. The predicted octanol–water partition coefficient (Wildman–Crippen LogP) is 2.98. The van der Waals surface area contributed by atoms with E-state index in [9.17, 15) is 5.11 Å². The van der Waals surface area contributed by atoms with Crippen LogP contribution < -0.4 is 0 Å². The summed E-state index contributed by atoms with van der Waals surface area (Å²) in [4.78, 5) is 1.19. The number of benzene rings is 1. The Balaban J connectivity index is 1.78. The molecule has 2 rings (SSSR count). The van der Waals surface area contributed by atoms with Crippen LogP contribution in [0.5, 0.6) is 0 Å². The van der Waals surface area contributed by atoms with Crippen molar-refractivity contribution in [1.82, 2.24) is 0 Å². The first-order chi connectivity index (χ1) is 7.84. The Hall–Kier alpha value is -1.19. The van der Waals surface area contributed by atoms with Crippen molar-refractivity contribution >= 4 is 11.8 Å². The number of furan rings is 1. The number of hydrogen-bond acceptors (Lipinski definition) is 3. The lowest BCUT2D eigenvalue weighted by Crippen LogP contribution is -2.12. The average molecular weight is 234 g/mol. The van der Waals surface area contributed by atoms with Crippen LogP contribution >= 0.6 is 11.8 Å². The van der Waals surface area contributed by atoms with Crippen LogP contribution in [0.3, 0.4) is 0 Å². The van der Waals surface area contributed by atoms with E-state index < -0.39 is 0 Å². The first-order valence-corrected chi connectivity index (χ1v) is 6.20. The summed E-state index contributed by atoms with van der Waals surface area (Å²) in [7, 11) is 0. The standard InChI is InChI=1S/C13H14O2S/c14-12(8-11-6-7-15-9-11)10-16-13-4-2-1-3-5-13/h1-7,9,12,14H,8,10H2. The Kier molecular flexibility index (Phi) is 4.08. The van der Waals surface area contributed by atoms with Gasteiger partial charge in [-0.05, 0) is 23.8 Å². The van der Waals surface area contributed by atoms with Gasteiger partial charge in [-0.15, -0.1) is 11.8 Å². The van der Waals surface area contributed by atoms with Crippen LogP contribution in [0, 0.1) is 0 Å². The maximum absolute atomic E-state index is 9.82. The molecular formula is C13H14O2S. The molecule has 3 heteroatoms. The molecule has 1 heterocycles. The van der Waals surface area contributed by atoms with Crippen molar-refractivity contribution < 1.29 is 9.52 Å². The zero-order chi connectivity index (χ0) is 11.2. The summed E-state index contributed by atoms with van der Waals surface area (Å²) in [5.41, 5.74) is 1.04. The van der Waals surface area contributed by atoms with Crippen LogP contribution in [0.1, 0.15) is 5.56 Å². The second-order valence-corrected chi connectivity index (χ2v) is 4.71. The summed E-state index contributed by atoms with van der Waals surface area (Å²) in [6.07, 6.45) is 3.63. The molecule has 1 unspecified atom stereocenters. The van der Waals surface area contributed by atoms with E-state index in [1.165, 1.54) is 4.90 Å². The zero-order valence-corrected chi connectivity index (χ0v) is 9.69. The van der Waals surface area contributed by atoms with Crippen molar-refractivity contribution in [3.05, 3.63) is 54.5 Å². The van der Waals surface area contributed by atoms with Gasteiger partial charge >= 0.3 is 0 Å². The summed E-state index contributed by atoms with van der Waals surface area (Å²) in [5.74, 6) is 0.704. The van der Waals surface area contributed by atoms with Gasteiger partial charge in [-0.1, -0.05) is 18.2 Å². The van der Waals surface area contributed by atoms with Crippen molar-refractivity contribution in [2.45, 2.75) is 17.4 Å². The Morgan fingerprint density at radius 1 is 1.19 bits per heavy atom. The molecule has 0 aliphatic carbocycles. The predicted molar refractivity (Wildman–Crippen MR) is 65.6 cm³/mol. The molecule has 0 bridgehead atoms. The van der Waals surface area contributed by atoms with E-state index >= 15 is 0 Å². The molecule has 1 aromatic carbocycles. The average Bonchev–Trinajstić information content (AvgIpc) is 2.81. The van der Waals surface area contributed by atoms with Gasteiger partial charge in [0.25, 0.3) is 0 Å². The highest BCUT2D eigenvalue weighted by Crippen LogP contribution is 2.19. The minimum atomic E-state index is -0.331. The number of hydrogen-bond donors (Lipinski definition) is 1. The third-order valence-corrected chi connectivity index (χ3v) is 3.39. The third-order valence-electron chi connectivity index (χ3n) is 2.24. The maximum atomic E-state index is 9.82. The summed E-state index contributed by atoms with van der Waals surface area (Å²) in [5, 5.41) is 9.82. The van der Waals surface area contributed by atoms with Gasteiger partial charge in [0.15, 0.2) is 0 Å². The minimum absolute atomic E-state index is 0.331. The van der Waals surface area contributed by atoms with E-state index in [1.807, 2.05) is 24.3 Å². The summed E-state index contributed by atoms with van der Waals surface area (Å²) in [6.45, 7) is 0. The Bertz CT molecular complexity index is 397. The van der Waals surface area contributed by atoms with Gasteiger partial charge in [0, 0.05) is 17.1 Å². The fourth-order valence-corrected chi connectivity index (χ4v) is 2.30. The number of thioether (sulfide) groups is 1. The monoisotopic (exact) mass is 234 g/mol. The van der Waals surface area contributed by atoms with Crippen molar-refractivity contribution in [2.24, 2.45) is 0 Å². The van der Waals surface area contributed by atoms with Gasteiger partial charge in [-0.3, -0.25) is 0 Å². The quantitative estimate of drug-likeness (QED) is 0.807. The molecule has 84 valence electrons. The molecule has 1 atom stereocenters. The maximum Gasteiger partial charge on any atom is 0.0935 e. The Morgan fingerprint density at radius 3 is 2.69 bits per heavy atom. The highest BCUT2D eigenvalue weighted by molar-refractivity contribution is 7.99. The summed E-state index contributed by atoms with van der Waals surface area (Å²) >= 11 is 1.67. The normalized spacial score (nSPS) is 12.6. The van der Waals surface area contributed by atoms with Crippen molar-refractivity contribution in [3.8, 4) is 0 Å². The van der Waals surface area contributed by atoms with E-state index in [0.29, 0.717) is 12.2 Å². The number of rotatable bonds is 5. The molecule has 2 nitrogen and oxygen atoms in total. The van der Waals surface area contributed by atoms with E-state index in [-0.39, 0.29) is 6.10 Å². The highest BCUT2D eigenvalue weighted by Gasteiger charge is 2.07. The van der Waals surface area contributed by atoms with Crippen LogP contribution in [0.2, 0.25) is 0 Å². The smallest absolute Gasteiger partial charge is 0.0935 e. The van der Waals surface area contributed by atoms with Gasteiger partial charge in [0.05, 0.1) is 18.6 Å². The van der Waals surface area contributed by atoms with Gasteiger partial charge in [0.1, 0.15) is 0 Å². The van der Waals surface area contributed by atoms with Crippen LogP contribution in [-0.4, -0.2) is 17.0 Å². The minimum Gasteiger partial charge on any atom is -0.472 e. The summed E-state index contributed by atoms with van der Waals surface area (Å²) in [6, 6.07) is 12.0. The zero-order valence-electron chi connectivity index (χ0n) is 8.87. The summed E-state index contributed by atoms with van der Waals surface area (Å²) < 4.78 is 4.96. The van der Waals surface area contributed by atoms with E-state index in [0.717, 1.165) is 5.56 Å². The number of aliphatic hydroxyl groups is 1.